The summed E-state index contributed by atoms with van der Waals surface area (Å²) in [6.45, 7) is 0. The van der Waals surface area contributed by atoms with Crippen molar-refractivity contribution in [2.24, 2.45) is 0 Å². The number of aryl methyl sites for hydroxylation is 1. The number of carbonyl (C=O) groups excluding carboxylic acids is 1. The third kappa shape index (κ3) is 2.23. The van der Waals surface area contributed by atoms with Gasteiger partial charge in [-0.1, -0.05) is 66.3 Å². The second kappa shape index (κ2) is 5.42. The molecule has 0 heterocycles. The van der Waals surface area contributed by atoms with Crippen LogP contribution in [0.2, 0.25) is 0 Å². The molecule has 2 aromatic rings. The van der Waals surface area contributed by atoms with E-state index in [4.69, 9.17) is 0 Å². The van der Waals surface area contributed by atoms with Crippen molar-refractivity contribution in [2.75, 3.05) is 0 Å². The summed E-state index contributed by atoms with van der Waals surface area (Å²) in [6, 6.07) is 16.9. The monoisotopic (exact) mass is 286 g/mol. The predicted molar refractivity (Wildman–Crippen MR) is 89.7 cm³/mol. The van der Waals surface area contributed by atoms with E-state index in [1.165, 1.54) is 22.3 Å². The van der Waals surface area contributed by atoms with Gasteiger partial charge >= 0.3 is 0 Å². The van der Waals surface area contributed by atoms with Crippen LogP contribution in [0.5, 0.6) is 0 Å². The van der Waals surface area contributed by atoms with Crippen LogP contribution < -0.4 is 0 Å². The summed E-state index contributed by atoms with van der Waals surface area (Å²) in [5.41, 5.74) is 7.25. The van der Waals surface area contributed by atoms with Crippen molar-refractivity contribution in [3.05, 3.63) is 83.0 Å². The van der Waals surface area contributed by atoms with E-state index in [2.05, 4.69) is 48.5 Å². The van der Waals surface area contributed by atoms with E-state index in [-0.39, 0.29) is 5.78 Å². The number of rotatable bonds is 0. The molecule has 0 spiro atoms. The molecule has 22 heavy (non-hydrogen) atoms. The minimum absolute atomic E-state index is 0.260. The van der Waals surface area contributed by atoms with Crippen LogP contribution in [-0.2, 0) is 17.6 Å². The molecule has 0 fully saturated rings. The van der Waals surface area contributed by atoms with Crippen molar-refractivity contribution in [2.45, 2.75) is 25.7 Å². The number of hydrogen-bond donors (Lipinski definition) is 0. The summed E-state index contributed by atoms with van der Waals surface area (Å²) in [5, 5.41) is 0. The summed E-state index contributed by atoms with van der Waals surface area (Å²) < 4.78 is 0. The standard InChI is InChI=1S/C21H18O/c22-21-14-17-7-2-4-10-19(17)18-9-3-1-6-15(18)12-13-16-8-5-11-20(16)21/h1-7,9-11H,8,12-14H2. The highest BCUT2D eigenvalue weighted by Crippen LogP contribution is 2.33. The lowest BCUT2D eigenvalue weighted by molar-refractivity contribution is -0.114. The Labute approximate surface area is 131 Å². The van der Waals surface area contributed by atoms with E-state index in [1.54, 1.807) is 0 Å². The Morgan fingerprint density at radius 3 is 2.27 bits per heavy atom. The molecule has 2 aliphatic carbocycles. The average molecular weight is 286 g/mol. The van der Waals surface area contributed by atoms with Gasteiger partial charge in [0.15, 0.2) is 5.78 Å². The number of benzene rings is 2. The third-order valence-electron chi connectivity index (χ3n) is 4.70. The topological polar surface area (TPSA) is 17.1 Å². The fourth-order valence-corrected chi connectivity index (χ4v) is 3.57. The van der Waals surface area contributed by atoms with E-state index >= 15 is 0 Å². The zero-order chi connectivity index (χ0) is 14.9. The molecule has 2 aromatic carbocycles. The summed E-state index contributed by atoms with van der Waals surface area (Å²) in [4.78, 5) is 12.7. The Morgan fingerprint density at radius 2 is 1.45 bits per heavy atom. The Kier molecular flexibility index (Phi) is 3.27. The van der Waals surface area contributed by atoms with Gasteiger partial charge in [-0.2, -0.15) is 0 Å². The molecule has 0 atom stereocenters. The van der Waals surface area contributed by atoms with E-state index in [1.807, 2.05) is 12.1 Å². The van der Waals surface area contributed by atoms with Crippen molar-refractivity contribution in [3.63, 3.8) is 0 Å². The largest absolute Gasteiger partial charge is 0.294 e. The average Bonchev–Trinajstić information content (AvgIpc) is 3.02. The maximum Gasteiger partial charge on any atom is 0.167 e. The van der Waals surface area contributed by atoms with Crippen molar-refractivity contribution in [3.8, 4) is 11.1 Å². The Hall–Kier alpha value is -2.41. The zero-order valence-corrected chi connectivity index (χ0v) is 12.5. The van der Waals surface area contributed by atoms with Gasteiger partial charge in [0.1, 0.15) is 0 Å². The molecule has 0 aromatic heterocycles. The number of fused-ring (bicyclic) bond motifs is 3. The molecule has 0 aliphatic heterocycles. The quantitative estimate of drug-likeness (QED) is 0.688. The van der Waals surface area contributed by atoms with Crippen LogP contribution in [0.3, 0.4) is 0 Å². The van der Waals surface area contributed by atoms with Crippen LogP contribution in [0.1, 0.15) is 24.0 Å². The van der Waals surface area contributed by atoms with Crippen molar-refractivity contribution in [1.82, 2.24) is 0 Å². The number of ketones is 1. The van der Waals surface area contributed by atoms with Crippen molar-refractivity contribution < 1.29 is 4.79 Å². The molecular formula is C21H18O. The molecule has 0 radical (unpaired) electrons. The molecule has 0 unspecified atom stereocenters. The summed E-state index contributed by atoms with van der Waals surface area (Å²) in [5.74, 6) is 0.260. The lowest BCUT2D eigenvalue weighted by atomic mass is 9.87. The minimum Gasteiger partial charge on any atom is -0.294 e. The maximum absolute atomic E-state index is 12.7. The van der Waals surface area contributed by atoms with Gasteiger partial charge in [-0.25, -0.2) is 0 Å². The fraction of sp³-hybridized carbons (Fsp3) is 0.190. The van der Waals surface area contributed by atoms with Gasteiger partial charge in [0.05, 0.1) is 0 Å². The van der Waals surface area contributed by atoms with Crippen LogP contribution in [0.25, 0.3) is 11.1 Å². The first-order valence-corrected chi connectivity index (χ1v) is 7.91. The molecule has 4 rings (SSSR count). The number of allylic oxidation sites excluding steroid dienone is 4. The first kappa shape index (κ1) is 13.3. The Bertz CT molecular complexity index is 808. The molecule has 0 saturated heterocycles. The molecule has 0 bridgehead atoms. The molecular weight excluding hydrogens is 268 g/mol. The number of Topliss-reactive ketones (excluding diaryl/α,β-unsaturated/α-hetero) is 1. The highest BCUT2D eigenvalue weighted by molar-refractivity contribution is 6.01. The highest BCUT2D eigenvalue weighted by Gasteiger charge is 2.20. The van der Waals surface area contributed by atoms with Gasteiger partial charge < -0.3 is 0 Å². The molecule has 0 N–H and O–H groups in total. The van der Waals surface area contributed by atoms with Crippen LogP contribution in [0.15, 0.2) is 71.8 Å². The lowest BCUT2D eigenvalue weighted by Crippen LogP contribution is -2.09. The molecule has 0 amide bonds. The smallest absolute Gasteiger partial charge is 0.167 e. The van der Waals surface area contributed by atoms with E-state index in [9.17, 15) is 4.79 Å². The molecule has 2 aliphatic rings. The summed E-state index contributed by atoms with van der Waals surface area (Å²) >= 11 is 0. The van der Waals surface area contributed by atoms with E-state index < -0.39 is 0 Å². The van der Waals surface area contributed by atoms with Gasteiger partial charge in [0, 0.05) is 12.0 Å². The maximum atomic E-state index is 12.7. The van der Waals surface area contributed by atoms with E-state index in [0.717, 1.165) is 30.4 Å². The lowest BCUT2D eigenvalue weighted by Gasteiger charge is -2.17. The van der Waals surface area contributed by atoms with Gasteiger partial charge in [-0.05, 0) is 41.5 Å². The van der Waals surface area contributed by atoms with Crippen LogP contribution >= 0.6 is 0 Å². The molecule has 0 saturated carbocycles. The SMILES string of the molecule is O=C1Cc2ccccc2-c2ccccc2CCC2=C1C=CC2. The first-order chi connectivity index (χ1) is 10.8. The van der Waals surface area contributed by atoms with Gasteiger partial charge in [-0.3, -0.25) is 4.79 Å². The normalized spacial score (nSPS) is 17.0. The predicted octanol–water partition coefficient (Wildman–Crippen LogP) is 4.67. The van der Waals surface area contributed by atoms with Crippen molar-refractivity contribution >= 4 is 5.78 Å². The number of carbonyl (C=O) groups is 1. The Morgan fingerprint density at radius 1 is 0.773 bits per heavy atom. The third-order valence-corrected chi connectivity index (χ3v) is 4.70. The molecule has 1 nitrogen and oxygen atoms in total. The van der Waals surface area contributed by atoms with Crippen LogP contribution in [-0.4, -0.2) is 5.78 Å². The zero-order valence-electron chi connectivity index (χ0n) is 12.5. The highest BCUT2D eigenvalue weighted by atomic mass is 16.1. The van der Waals surface area contributed by atoms with Gasteiger partial charge in [0.25, 0.3) is 0 Å². The van der Waals surface area contributed by atoms with Gasteiger partial charge in [-0.15, -0.1) is 0 Å². The van der Waals surface area contributed by atoms with Crippen molar-refractivity contribution in [1.29, 1.82) is 0 Å². The summed E-state index contributed by atoms with van der Waals surface area (Å²) in [7, 11) is 0. The fourth-order valence-electron chi connectivity index (χ4n) is 3.57. The first-order valence-electron chi connectivity index (χ1n) is 7.91. The van der Waals surface area contributed by atoms with E-state index in [0.29, 0.717) is 6.42 Å². The second-order valence-electron chi connectivity index (χ2n) is 6.04. The minimum atomic E-state index is 0.260. The van der Waals surface area contributed by atoms with Crippen LogP contribution in [0, 0.1) is 0 Å². The Balaban J connectivity index is 1.90. The molecule has 108 valence electrons. The second-order valence-corrected chi connectivity index (χ2v) is 6.04. The van der Waals surface area contributed by atoms with Crippen LogP contribution in [0.4, 0.5) is 0 Å². The van der Waals surface area contributed by atoms with Gasteiger partial charge in [0.2, 0.25) is 0 Å². The number of hydrogen-bond acceptors (Lipinski definition) is 1. The summed E-state index contributed by atoms with van der Waals surface area (Å²) in [6.07, 6.45) is 7.55. The molecule has 1 heteroatoms.